The van der Waals surface area contributed by atoms with Gasteiger partial charge in [-0.2, -0.15) is 0 Å². The van der Waals surface area contributed by atoms with E-state index < -0.39 is 6.10 Å². The summed E-state index contributed by atoms with van der Waals surface area (Å²) in [6.45, 7) is 0. The number of hydrogen-bond donors (Lipinski definition) is 2. The molecule has 0 aliphatic carbocycles. The molecule has 0 spiro atoms. The molecule has 3 aromatic carbocycles. The number of phenols is 2. The zero-order valence-electron chi connectivity index (χ0n) is 13.2. The maximum absolute atomic E-state index is 13.3. The quantitative estimate of drug-likeness (QED) is 0.700. The average Bonchev–Trinajstić information content (AvgIpc) is 2.62. The molecule has 1 aliphatic heterocycles. The third kappa shape index (κ3) is 2.94. The molecular formula is C21H15FO3. The monoisotopic (exact) mass is 334 g/mol. The van der Waals surface area contributed by atoms with E-state index in [4.69, 9.17) is 4.74 Å². The summed E-state index contributed by atoms with van der Waals surface area (Å²) >= 11 is 0. The summed E-state index contributed by atoms with van der Waals surface area (Å²) in [5, 5.41) is 19.3. The fraction of sp³-hybridized carbons (Fsp3) is 0.0476. The van der Waals surface area contributed by atoms with E-state index in [1.165, 1.54) is 12.1 Å². The molecule has 0 bridgehead atoms. The van der Waals surface area contributed by atoms with Crippen LogP contribution in [-0.2, 0) is 0 Å². The van der Waals surface area contributed by atoms with Crippen LogP contribution < -0.4 is 4.74 Å². The van der Waals surface area contributed by atoms with Gasteiger partial charge in [-0.05, 0) is 53.6 Å². The highest BCUT2D eigenvalue weighted by Crippen LogP contribution is 2.43. The Kier molecular flexibility index (Phi) is 3.65. The highest BCUT2D eigenvalue weighted by atomic mass is 19.1. The van der Waals surface area contributed by atoms with Crippen LogP contribution in [0.3, 0.4) is 0 Å². The van der Waals surface area contributed by atoms with Crippen LogP contribution in [0.15, 0.2) is 66.7 Å². The van der Waals surface area contributed by atoms with E-state index in [2.05, 4.69) is 0 Å². The Labute approximate surface area is 144 Å². The minimum Gasteiger partial charge on any atom is -0.508 e. The minimum absolute atomic E-state index is 0.123. The maximum atomic E-state index is 13.3. The molecule has 4 rings (SSSR count). The van der Waals surface area contributed by atoms with Gasteiger partial charge >= 0.3 is 0 Å². The van der Waals surface area contributed by atoms with Crippen molar-refractivity contribution in [3.63, 3.8) is 0 Å². The first kappa shape index (κ1) is 15.3. The van der Waals surface area contributed by atoms with E-state index in [1.54, 1.807) is 42.5 Å². The van der Waals surface area contributed by atoms with Gasteiger partial charge in [-0.3, -0.25) is 0 Å². The Morgan fingerprint density at radius 1 is 0.800 bits per heavy atom. The lowest BCUT2D eigenvalue weighted by molar-refractivity contribution is 0.260. The molecule has 0 saturated heterocycles. The first-order chi connectivity index (χ1) is 12.1. The summed E-state index contributed by atoms with van der Waals surface area (Å²) in [5.41, 5.74) is 3.43. The maximum Gasteiger partial charge on any atom is 0.149 e. The Hall–Kier alpha value is -3.27. The zero-order chi connectivity index (χ0) is 17.4. The molecule has 0 saturated carbocycles. The van der Waals surface area contributed by atoms with Gasteiger partial charge in [0.15, 0.2) is 0 Å². The van der Waals surface area contributed by atoms with E-state index >= 15 is 0 Å². The van der Waals surface area contributed by atoms with Gasteiger partial charge in [-0.15, -0.1) is 0 Å². The predicted octanol–water partition coefficient (Wildman–Crippen LogP) is 4.91. The van der Waals surface area contributed by atoms with Crippen molar-refractivity contribution in [2.45, 2.75) is 6.10 Å². The number of hydrogen-bond acceptors (Lipinski definition) is 3. The normalized spacial score (nSPS) is 15.9. The highest BCUT2D eigenvalue weighted by molar-refractivity contribution is 5.88. The SMILES string of the molecule is Oc1ccc(C2=Cc3ccc(O)cc3OC2c2ccc(F)cc2)cc1. The fourth-order valence-corrected chi connectivity index (χ4v) is 2.95. The molecule has 3 aromatic rings. The molecular weight excluding hydrogens is 319 g/mol. The summed E-state index contributed by atoms with van der Waals surface area (Å²) in [4.78, 5) is 0. The molecule has 1 heterocycles. The van der Waals surface area contributed by atoms with Gasteiger partial charge in [0.2, 0.25) is 0 Å². The van der Waals surface area contributed by atoms with Crippen molar-refractivity contribution < 1.29 is 19.3 Å². The molecule has 0 amide bonds. The lowest BCUT2D eigenvalue weighted by atomic mass is 9.91. The van der Waals surface area contributed by atoms with Crippen LogP contribution in [0.25, 0.3) is 11.6 Å². The molecule has 124 valence electrons. The molecule has 2 N–H and O–H groups in total. The van der Waals surface area contributed by atoms with Crippen molar-refractivity contribution in [1.29, 1.82) is 0 Å². The summed E-state index contributed by atoms with van der Waals surface area (Å²) in [5.74, 6) is 0.562. The van der Waals surface area contributed by atoms with Crippen LogP contribution in [-0.4, -0.2) is 10.2 Å². The molecule has 1 unspecified atom stereocenters. The van der Waals surface area contributed by atoms with Crippen LogP contribution in [0.2, 0.25) is 0 Å². The second-order valence-corrected chi connectivity index (χ2v) is 5.92. The van der Waals surface area contributed by atoms with E-state index in [-0.39, 0.29) is 17.3 Å². The Morgan fingerprint density at radius 2 is 1.48 bits per heavy atom. The van der Waals surface area contributed by atoms with Crippen LogP contribution in [0, 0.1) is 5.82 Å². The second-order valence-electron chi connectivity index (χ2n) is 5.92. The molecule has 3 nitrogen and oxygen atoms in total. The third-order valence-electron chi connectivity index (χ3n) is 4.21. The molecule has 0 radical (unpaired) electrons. The topological polar surface area (TPSA) is 49.7 Å². The molecule has 1 aliphatic rings. The lowest BCUT2D eigenvalue weighted by Crippen LogP contribution is -2.14. The van der Waals surface area contributed by atoms with Gasteiger partial charge in [0.05, 0.1) is 0 Å². The molecule has 0 fully saturated rings. The number of aromatic hydroxyl groups is 2. The number of ether oxygens (including phenoxy) is 1. The zero-order valence-corrected chi connectivity index (χ0v) is 13.2. The van der Waals surface area contributed by atoms with E-state index in [9.17, 15) is 14.6 Å². The summed E-state index contributed by atoms with van der Waals surface area (Å²) < 4.78 is 19.4. The van der Waals surface area contributed by atoms with Crippen molar-refractivity contribution in [2.24, 2.45) is 0 Å². The largest absolute Gasteiger partial charge is 0.508 e. The number of phenolic OH excluding ortho intramolecular Hbond substituents is 2. The van der Waals surface area contributed by atoms with Gasteiger partial charge < -0.3 is 14.9 Å². The van der Waals surface area contributed by atoms with Crippen LogP contribution in [0.1, 0.15) is 22.8 Å². The van der Waals surface area contributed by atoms with Gasteiger partial charge in [-0.1, -0.05) is 24.3 Å². The lowest BCUT2D eigenvalue weighted by Gasteiger charge is -2.28. The van der Waals surface area contributed by atoms with Crippen molar-refractivity contribution in [1.82, 2.24) is 0 Å². The van der Waals surface area contributed by atoms with Gasteiger partial charge in [0.1, 0.15) is 29.2 Å². The summed E-state index contributed by atoms with van der Waals surface area (Å²) in [6, 6.07) is 18.0. The van der Waals surface area contributed by atoms with Gasteiger partial charge in [0.25, 0.3) is 0 Å². The number of benzene rings is 3. The molecule has 4 heteroatoms. The smallest absolute Gasteiger partial charge is 0.149 e. The molecule has 25 heavy (non-hydrogen) atoms. The summed E-state index contributed by atoms with van der Waals surface area (Å²) in [6.07, 6.45) is 1.54. The highest BCUT2D eigenvalue weighted by Gasteiger charge is 2.26. The predicted molar refractivity (Wildman–Crippen MR) is 93.9 cm³/mol. The number of halogens is 1. The number of rotatable bonds is 2. The minimum atomic E-state index is -0.445. The van der Waals surface area contributed by atoms with Crippen LogP contribution >= 0.6 is 0 Å². The standard InChI is InChI=1S/C21H15FO3/c22-16-6-1-14(2-7-16)21-19(13-3-8-17(23)9-4-13)11-15-5-10-18(24)12-20(15)25-21/h1-12,21,23-24H. The Bertz CT molecular complexity index is 944. The summed E-state index contributed by atoms with van der Waals surface area (Å²) in [7, 11) is 0. The molecule has 0 aromatic heterocycles. The van der Waals surface area contributed by atoms with Gasteiger partial charge in [0, 0.05) is 17.2 Å². The van der Waals surface area contributed by atoms with Crippen molar-refractivity contribution in [3.05, 3.63) is 89.2 Å². The fourth-order valence-electron chi connectivity index (χ4n) is 2.95. The second kappa shape index (κ2) is 5.98. The first-order valence-corrected chi connectivity index (χ1v) is 7.86. The van der Waals surface area contributed by atoms with E-state index in [0.29, 0.717) is 5.75 Å². The van der Waals surface area contributed by atoms with Gasteiger partial charge in [-0.25, -0.2) is 4.39 Å². The third-order valence-corrected chi connectivity index (χ3v) is 4.21. The van der Waals surface area contributed by atoms with E-state index in [0.717, 1.165) is 22.3 Å². The number of fused-ring (bicyclic) bond motifs is 1. The first-order valence-electron chi connectivity index (χ1n) is 7.86. The molecule has 1 atom stereocenters. The van der Waals surface area contributed by atoms with Crippen molar-refractivity contribution in [2.75, 3.05) is 0 Å². The van der Waals surface area contributed by atoms with Crippen molar-refractivity contribution in [3.8, 4) is 17.2 Å². The van der Waals surface area contributed by atoms with Crippen LogP contribution in [0.4, 0.5) is 4.39 Å². The Balaban J connectivity index is 1.85. The van der Waals surface area contributed by atoms with E-state index in [1.807, 2.05) is 18.2 Å². The average molecular weight is 334 g/mol. The van der Waals surface area contributed by atoms with Crippen molar-refractivity contribution >= 4 is 11.6 Å². The van der Waals surface area contributed by atoms with Crippen LogP contribution in [0.5, 0.6) is 17.2 Å². The Morgan fingerprint density at radius 3 is 2.20 bits per heavy atom.